The summed E-state index contributed by atoms with van der Waals surface area (Å²) in [6, 6.07) is 7.33. The molecule has 2 saturated heterocycles. The molecule has 2 heterocycles. The van der Waals surface area contributed by atoms with Crippen molar-refractivity contribution >= 4 is 11.6 Å². The van der Waals surface area contributed by atoms with Gasteiger partial charge in [-0.05, 0) is 24.3 Å². The minimum atomic E-state index is -0.223. The standard InChI is InChI=1S/C12H17N5O2/c1-19-8-4-2-7(3-5-8)17-10(18)6-9-11(16-17)12(13)15-14-9/h2-5,9,11-12,14-16H,6,13H2,1H3. The van der Waals surface area contributed by atoms with Crippen molar-refractivity contribution < 1.29 is 9.53 Å². The van der Waals surface area contributed by atoms with E-state index in [1.807, 2.05) is 24.3 Å². The van der Waals surface area contributed by atoms with Gasteiger partial charge in [-0.2, -0.15) is 0 Å². The number of hydrazine groups is 2. The lowest BCUT2D eigenvalue weighted by atomic mass is 10.0. The Morgan fingerprint density at radius 2 is 2.05 bits per heavy atom. The third kappa shape index (κ3) is 2.17. The number of hydrogen-bond acceptors (Lipinski definition) is 6. The molecule has 1 aromatic rings. The number of anilines is 1. The zero-order chi connectivity index (χ0) is 13.4. The maximum Gasteiger partial charge on any atom is 0.243 e. The van der Waals surface area contributed by atoms with Crippen LogP contribution in [0, 0.1) is 0 Å². The van der Waals surface area contributed by atoms with Gasteiger partial charge in [-0.1, -0.05) is 0 Å². The molecule has 7 nitrogen and oxygen atoms in total. The van der Waals surface area contributed by atoms with Gasteiger partial charge < -0.3 is 10.5 Å². The average Bonchev–Trinajstić information content (AvgIpc) is 2.79. The van der Waals surface area contributed by atoms with Crippen LogP contribution >= 0.6 is 0 Å². The minimum Gasteiger partial charge on any atom is -0.497 e. The molecule has 3 rings (SSSR count). The van der Waals surface area contributed by atoms with Crippen LogP contribution in [-0.2, 0) is 4.79 Å². The van der Waals surface area contributed by atoms with E-state index in [9.17, 15) is 4.79 Å². The molecule has 5 N–H and O–H groups in total. The van der Waals surface area contributed by atoms with Gasteiger partial charge in [0.25, 0.3) is 0 Å². The first-order chi connectivity index (χ1) is 9.19. The number of nitrogens with one attached hydrogen (secondary N) is 3. The van der Waals surface area contributed by atoms with E-state index in [-0.39, 0.29) is 24.2 Å². The summed E-state index contributed by atoms with van der Waals surface area (Å²) in [6.45, 7) is 0. The summed E-state index contributed by atoms with van der Waals surface area (Å²) >= 11 is 0. The number of nitrogens with two attached hydrogens (primary N) is 1. The summed E-state index contributed by atoms with van der Waals surface area (Å²) in [7, 11) is 1.61. The average molecular weight is 263 g/mol. The Morgan fingerprint density at radius 1 is 1.32 bits per heavy atom. The molecule has 0 radical (unpaired) electrons. The van der Waals surface area contributed by atoms with Gasteiger partial charge in [-0.15, -0.1) is 0 Å². The molecule has 3 unspecified atom stereocenters. The normalized spacial score (nSPS) is 30.3. The predicted molar refractivity (Wildman–Crippen MR) is 70.1 cm³/mol. The third-order valence-corrected chi connectivity index (χ3v) is 3.51. The number of rotatable bonds is 2. The molecule has 19 heavy (non-hydrogen) atoms. The molecule has 0 bridgehead atoms. The van der Waals surface area contributed by atoms with Gasteiger partial charge in [0.05, 0.1) is 31.0 Å². The van der Waals surface area contributed by atoms with Crippen molar-refractivity contribution in [1.82, 2.24) is 16.3 Å². The summed E-state index contributed by atoms with van der Waals surface area (Å²) in [5.41, 5.74) is 15.8. The fourth-order valence-electron chi connectivity index (χ4n) is 2.43. The highest BCUT2D eigenvalue weighted by atomic mass is 16.5. The predicted octanol–water partition coefficient (Wildman–Crippen LogP) is -0.934. The molecule has 0 spiro atoms. The smallest absolute Gasteiger partial charge is 0.243 e. The lowest BCUT2D eigenvalue weighted by Gasteiger charge is -2.36. The number of carbonyl (C=O) groups is 1. The van der Waals surface area contributed by atoms with E-state index >= 15 is 0 Å². The van der Waals surface area contributed by atoms with E-state index < -0.39 is 0 Å². The Balaban J connectivity index is 1.81. The second-order valence-electron chi connectivity index (χ2n) is 4.71. The van der Waals surface area contributed by atoms with E-state index in [0.717, 1.165) is 11.4 Å². The second-order valence-corrected chi connectivity index (χ2v) is 4.71. The minimum absolute atomic E-state index is 0.00909. The first kappa shape index (κ1) is 12.4. The number of ether oxygens (including phenoxy) is 1. The maximum atomic E-state index is 12.1. The van der Waals surface area contributed by atoms with Crippen molar-refractivity contribution in [1.29, 1.82) is 0 Å². The van der Waals surface area contributed by atoms with Crippen LogP contribution in [0.2, 0.25) is 0 Å². The molecule has 2 aliphatic heterocycles. The van der Waals surface area contributed by atoms with Crippen LogP contribution in [0.5, 0.6) is 5.75 Å². The van der Waals surface area contributed by atoms with E-state index in [4.69, 9.17) is 10.5 Å². The zero-order valence-electron chi connectivity index (χ0n) is 10.6. The summed E-state index contributed by atoms with van der Waals surface area (Å²) in [5, 5.41) is 1.55. The molecule has 1 aromatic carbocycles. The van der Waals surface area contributed by atoms with Gasteiger partial charge in [-0.3, -0.25) is 10.2 Å². The van der Waals surface area contributed by atoms with E-state index in [1.54, 1.807) is 12.1 Å². The zero-order valence-corrected chi connectivity index (χ0v) is 10.6. The Bertz CT molecular complexity index is 478. The van der Waals surface area contributed by atoms with Crippen LogP contribution in [-0.4, -0.2) is 31.3 Å². The summed E-state index contributed by atoms with van der Waals surface area (Å²) in [6.07, 6.45) is 0.184. The molecule has 2 fully saturated rings. The van der Waals surface area contributed by atoms with Crippen molar-refractivity contribution in [2.24, 2.45) is 5.73 Å². The van der Waals surface area contributed by atoms with Crippen molar-refractivity contribution in [3.05, 3.63) is 24.3 Å². The molecule has 102 valence electrons. The number of hydrogen-bond donors (Lipinski definition) is 4. The molecule has 3 atom stereocenters. The number of methoxy groups -OCH3 is 1. The SMILES string of the molecule is COc1ccc(N2NC3C(N)NNC3CC2=O)cc1. The maximum absolute atomic E-state index is 12.1. The third-order valence-electron chi connectivity index (χ3n) is 3.51. The summed E-state index contributed by atoms with van der Waals surface area (Å²) < 4.78 is 5.11. The Kier molecular flexibility index (Phi) is 3.11. The van der Waals surface area contributed by atoms with Gasteiger partial charge in [-0.25, -0.2) is 15.9 Å². The van der Waals surface area contributed by atoms with Crippen LogP contribution in [0.4, 0.5) is 5.69 Å². The van der Waals surface area contributed by atoms with Crippen LogP contribution < -0.4 is 31.8 Å². The van der Waals surface area contributed by atoms with E-state index in [0.29, 0.717) is 6.42 Å². The fourth-order valence-corrected chi connectivity index (χ4v) is 2.43. The van der Waals surface area contributed by atoms with E-state index in [2.05, 4.69) is 16.3 Å². The number of carbonyl (C=O) groups excluding carboxylic acids is 1. The molecule has 2 aliphatic rings. The number of amides is 1. The van der Waals surface area contributed by atoms with Crippen LogP contribution in [0.25, 0.3) is 0 Å². The number of nitrogens with zero attached hydrogens (tertiary/aromatic N) is 1. The first-order valence-corrected chi connectivity index (χ1v) is 6.19. The van der Waals surface area contributed by atoms with Crippen molar-refractivity contribution in [3.63, 3.8) is 0 Å². The molecule has 0 aromatic heterocycles. The van der Waals surface area contributed by atoms with E-state index in [1.165, 1.54) is 0 Å². The largest absolute Gasteiger partial charge is 0.497 e. The van der Waals surface area contributed by atoms with Crippen molar-refractivity contribution in [3.8, 4) is 5.75 Å². The highest BCUT2D eigenvalue weighted by molar-refractivity contribution is 5.93. The highest BCUT2D eigenvalue weighted by Crippen LogP contribution is 2.23. The van der Waals surface area contributed by atoms with Gasteiger partial charge in [0.1, 0.15) is 5.75 Å². The Hall–Kier alpha value is -1.67. The number of benzene rings is 1. The second kappa shape index (κ2) is 4.78. The van der Waals surface area contributed by atoms with Crippen LogP contribution in [0.1, 0.15) is 6.42 Å². The molecule has 7 heteroatoms. The van der Waals surface area contributed by atoms with Gasteiger partial charge in [0.2, 0.25) is 5.91 Å². The molecular formula is C12H17N5O2. The molecule has 1 amide bonds. The van der Waals surface area contributed by atoms with Crippen LogP contribution in [0.15, 0.2) is 24.3 Å². The Morgan fingerprint density at radius 3 is 2.74 bits per heavy atom. The first-order valence-electron chi connectivity index (χ1n) is 6.19. The van der Waals surface area contributed by atoms with Gasteiger partial charge >= 0.3 is 0 Å². The molecular weight excluding hydrogens is 246 g/mol. The molecule has 0 saturated carbocycles. The lowest BCUT2D eigenvalue weighted by molar-refractivity contribution is -0.121. The van der Waals surface area contributed by atoms with Crippen molar-refractivity contribution in [2.45, 2.75) is 24.7 Å². The monoisotopic (exact) mass is 263 g/mol. The Labute approximate surface area is 111 Å². The topological polar surface area (TPSA) is 91.7 Å². The highest BCUT2D eigenvalue weighted by Gasteiger charge is 2.41. The molecule has 0 aliphatic carbocycles. The van der Waals surface area contributed by atoms with Crippen molar-refractivity contribution in [2.75, 3.05) is 12.1 Å². The fraction of sp³-hybridized carbons (Fsp3) is 0.417. The number of fused-ring (bicyclic) bond motifs is 1. The lowest BCUT2D eigenvalue weighted by Crippen LogP contribution is -2.63. The van der Waals surface area contributed by atoms with Gasteiger partial charge in [0, 0.05) is 6.42 Å². The van der Waals surface area contributed by atoms with Gasteiger partial charge in [0.15, 0.2) is 0 Å². The summed E-state index contributed by atoms with van der Waals surface area (Å²) in [5.74, 6) is 0.766. The summed E-state index contributed by atoms with van der Waals surface area (Å²) in [4.78, 5) is 12.1. The van der Waals surface area contributed by atoms with Crippen LogP contribution in [0.3, 0.4) is 0 Å². The quantitative estimate of drug-likeness (QED) is 0.551.